The van der Waals surface area contributed by atoms with Gasteiger partial charge in [-0.05, 0) is 39.8 Å². The molecular weight excluding hydrogens is 294 g/mol. The van der Waals surface area contributed by atoms with Gasteiger partial charge in [0, 0.05) is 29.9 Å². The van der Waals surface area contributed by atoms with E-state index in [1.54, 1.807) is 11.6 Å². The molecule has 2 aromatic heterocycles. The number of hydrogen-bond donors (Lipinski definition) is 0. The summed E-state index contributed by atoms with van der Waals surface area (Å²) < 4.78 is 12.8. The fourth-order valence-electron chi connectivity index (χ4n) is 2.78. The molecule has 122 valence electrons. The monoisotopic (exact) mass is 315 g/mol. The second-order valence-corrected chi connectivity index (χ2v) is 5.78. The van der Waals surface area contributed by atoms with Gasteiger partial charge in [0.2, 0.25) is 5.88 Å². The maximum absolute atomic E-state index is 12.5. The highest BCUT2D eigenvalue weighted by molar-refractivity contribution is 5.99. The third-order valence-corrected chi connectivity index (χ3v) is 3.93. The van der Waals surface area contributed by atoms with Gasteiger partial charge >= 0.3 is 5.97 Å². The predicted molar refractivity (Wildman–Crippen MR) is 85.6 cm³/mol. The van der Waals surface area contributed by atoms with E-state index in [2.05, 4.69) is 10.1 Å². The van der Waals surface area contributed by atoms with Gasteiger partial charge in [-0.15, -0.1) is 0 Å². The number of pyridine rings is 1. The van der Waals surface area contributed by atoms with Crippen LogP contribution in [-0.2, 0) is 11.3 Å². The van der Waals surface area contributed by atoms with E-state index >= 15 is 0 Å². The van der Waals surface area contributed by atoms with Gasteiger partial charge in [0.25, 0.3) is 0 Å². The molecule has 23 heavy (non-hydrogen) atoms. The third kappa shape index (κ3) is 2.81. The van der Waals surface area contributed by atoms with Gasteiger partial charge in [0.15, 0.2) is 0 Å². The Morgan fingerprint density at radius 3 is 2.91 bits per heavy atom. The summed E-state index contributed by atoms with van der Waals surface area (Å²) in [6.45, 7) is 8.66. The average molecular weight is 315 g/mol. The molecule has 0 fully saturated rings. The molecule has 0 aliphatic carbocycles. The van der Waals surface area contributed by atoms with Crippen molar-refractivity contribution in [2.75, 3.05) is 6.61 Å². The lowest BCUT2D eigenvalue weighted by Gasteiger charge is -2.21. The molecule has 0 unspecified atom stereocenters. The van der Waals surface area contributed by atoms with Gasteiger partial charge in [-0.1, -0.05) is 0 Å². The predicted octanol–water partition coefficient (Wildman–Crippen LogP) is 2.91. The average Bonchev–Trinajstić information content (AvgIpc) is 2.85. The van der Waals surface area contributed by atoms with Crippen LogP contribution in [0.15, 0.2) is 12.1 Å². The zero-order valence-electron chi connectivity index (χ0n) is 13.9. The van der Waals surface area contributed by atoms with Crippen LogP contribution in [0.25, 0.3) is 11.3 Å². The molecule has 0 saturated heterocycles. The van der Waals surface area contributed by atoms with E-state index in [1.807, 2.05) is 32.9 Å². The summed E-state index contributed by atoms with van der Waals surface area (Å²) in [5.74, 6) is 0.0926. The van der Waals surface area contributed by atoms with Crippen molar-refractivity contribution in [3.63, 3.8) is 0 Å². The number of hydrogen-bond acceptors (Lipinski definition) is 5. The Kier molecular flexibility index (Phi) is 4.07. The second kappa shape index (κ2) is 6.02. The van der Waals surface area contributed by atoms with Crippen molar-refractivity contribution in [3.05, 3.63) is 29.1 Å². The first-order valence-electron chi connectivity index (χ1n) is 7.90. The summed E-state index contributed by atoms with van der Waals surface area (Å²) in [6, 6.07) is 3.86. The van der Waals surface area contributed by atoms with Gasteiger partial charge in [0.05, 0.1) is 12.7 Å². The number of aryl methyl sites for hydroxylation is 3. The molecule has 2 aromatic rings. The third-order valence-electron chi connectivity index (χ3n) is 3.93. The van der Waals surface area contributed by atoms with E-state index in [9.17, 15) is 4.79 Å². The number of nitrogens with zero attached hydrogens (tertiary/aromatic N) is 3. The number of esters is 1. The van der Waals surface area contributed by atoms with Crippen molar-refractivity contribution in [2.24, 2.45) is 0 Å². The number of carbonyl (C=O) groups is 1. The van der Waals surface area contributed by atoms with Crippen molar-refractivity contribution in [2.45, 2.75) is 46.8 Å². The van der Waals surface area contributed by atoms with E-state index in [-0.39, 0.29) is 6.10 Å². The van der Waals surface area contributed by atoms with Crippen molar-refractivity contribution in [1.82, 2.24) is 14.8 Å². The fraction of sp³-hybridized carbons (Fsp3) is 0.471. The summed E-state index contributed by atoms with van der Waals surface area (Å²) >= 11 is 0. The highest BCUT2D eigenvalue weighted by atomic mass is 16.5. The quantitative estimate of drug-likeness (QED) is 0.815. The maximum Gasteiger partial charge on any atom is 0.345 e. The van der Waals surface area contributed by atoms with Crippen LogP contribution >= 0.6 is 0 Å². The zero-order chi connectivity index (χ0) is 16.6. The second-order valence-electron chi connectivity index (χ2n) is 5.78. The van der Waals surface area contributed by atoms with Crippen LogP contribution in [0, 0.1) is 13.8 Å². The Balaban J connectivity index is 2.18. The van der Waals surface area contributed by atoms with Crippen LogP contribution in [-0.4, -0.2) is 33.4 Å². The molecule has 0 spiro atoms. The summed E-state index contributed by atoms with van der Waals surface area (Å²) in [7, 11) is 0. The lowest BCUT2D eigenvalue weighted by molar-refractivity contribution is 0.0515. The van der Waals surface area contributed by atoms with Crippen LogP contribution in [0.5, 0.6) is 5.88 Å². The van der Waals surface area contributed by atoms with Gasteiger partial charge in [0.1, 0.15) is 11.3 Å². The molecule has 0 amide bonds. The van der Waals surface area contributed by atoms with E-state index in [1.165, 1.54) is 0 Å². The molecule has 1 aliphatic heterocycles. The van der Waals surface area contributed by atoms with Gasteiger partial charge in [-0.3, -0.25) is 4.98 Å². The van der Waals surface area contributed by atoms with Crippen LogP contribution in [0.3, 0.4) is 0 Å². The lowest BCUT2D eigenvalue weighted by atomic mass is 10.1. The molecule has 6 heteroatoms. The number of carbonyl (C=O) groups excluding carboxylic acids is 1. The smallest absolute Gasteiger partial charge is 0.345 e. The molecule has 0 radical (unpaired) electrons. The van der Waals surface area contributed by atoms with Crippen LogP contribution < -0.4 is 4.74 Å². The Morgan fingerprint density at radius 1 is 1.43 bits per heavy atom. The standard InChI is InChI=1S/C17H21N3O3/c1-5-22-17(21)14-15(13-7-6-10(2)18-12(13)4)19-20-9-8-11(3)23-16(14)20/h6-7,11H,5,8-9H2,1-4H3/t11-/m1/s1. The highest BCUT2D eigenvalue weighted by Crippen LogP contribution is 2.35. The van der Waals surface area contributed by atoms with Crippen molar-refractivity contribution < 1.29 is 14.3 Å². The van der Waals surface area contributed by atoms with Crippen LogP contribution in [0.2, 0.25) is 0 Å². The Hall–Kier alpha value is -2.37. The zero-order valence-corrected chi connectivity index (χ0v) is 13.9. The first-order chi connectivity index (χ1) is 11.0. The molecule has 0 aromatic carbocycles. The van der Waals surface area contributed by atoms with Crippen LogP contribution in [0.4, 0.5) is 0 Å². The SMILES string of the molecule is CCOC(=O)c1c(-c2ccc(C)nc2C)nn2c1O[C@H](C)CC2. The lowest BCUT2D eigenvalue weighted by Crippen LogP contribution is -2.24. The first kappa shape index (κ1) is 15.5. The minimum absolute atomic E-state index is 0.0532. The fourth-order valence-corrected chi connectivity index (χ4v) is 2.78. The maximum atomic E-state index is 12.5. The van der Waals surface area contributed by atoms with E-state index < -0.39 is 5.97 Å². The minimum Gasteiger partial charge on any atom is -0.474 e. The molecule has 0 bridgehead atoms. The summed E-state index contributed by atoms with van der Waals surface area (Å²) in [4.78, 5) is 17.0. The topological polar surface area (TPSA) is 66.2 Å². The van der Waals surface area contributed by atoms with Crippen molar-refractivity contribution in [1.29, 1.82) is 0 Å². The minimum atomic E-state index is -0.405. The van der Waals surface area contributed by atoms with E-state index in [0.29, 0.717) is 23.7 Å². The molecule has 6 nitrogen and oxygen atoms in total. The normalized spacial score (nSPS) is 16.6. The number of rotatable bonds is 3. The van der Waals surface area contributed by atoms with Gasteiger partial charge in [-0.25, -0.2) is 9.48 Å². The Labute approximate surface area is 135 Å². The molecule has 3 heterocycles. The number of ether oxygens (including phenoxy) is 2. The molecular formula is C17H21N3O3. The van der Waals surface area contributed by atoms with Gasteiger partial charge < -0.3 is 9.47 Å². The molecule has 1 atom stereocenters. The van der Waals surface area contributed by atoms with E-state index in [4.69, 9.17) is 9.47 Å². The molecule has 0 N–H and O–H groups in total. The highest BCUT2D eigenvalue weighted by Gasteiger charge is 2.31. The van der Waals surface area contributed by atoms with E-state index in [0.717, 1.165) is 29.9 Å². The Bertz CT molecular complexity index is 752. The summed E-state index contributed by atoms with van der Waals surface area (Å²) in [5, 5.41) is 4.60. The Morgan fingerprint density at radius 2 is 2.22 bits per heavy atom. The largest absolute Gasteiger partial charge is 0.474 e. The van der Waals surface area contributed by atoms with Gasteiger partial charge in [-0.2, -0.15) is 5.10 Å². The summed E-state index contributed by atoms with van der Waals surface area (Å²) in [6.07, 6.45) is 0.916. The number of aromatic nitrogens is 3. The first-order valence-corrected chi connectivity index (χ1v) is 7.90. The number of fused-ring (bicyclic) bond motifs is 1. The molecule has 1 aliphatic rings. The van der Waals surface area contributed by atoms with Crippen LogP contribution in [0.1, 0.15) is 42.0 Å². The summed E-state index contributed by atoms with van der Waals surface area (Å²) in [5.41, 5.74) is 3.57. The van der Waals surface area contributed by atoms with Crippen molar-refractivity contribution >= 4 is 5.97 Å². The van der Waals surface area contributed by atoms with Crippen molar-refractivity contribution in [3.8, 4) is 17.1 Å². The molecule has 3 rings (SSSR count). The molecule has 0 saturated carbocycles.